The third kappa shape index (κ3) is 1.82. The van der Waals surface area contributed by atoms with Crippen LogP contribution in [-0.4, -0.2) is 23.3 Å². The van der Waals surface area contributed by atoms with Crippen molar-refractivity contribution >= 4 is 5.97 Å². The summed E-state index contributed by atoms with van der Waals surface area (Å²) in [5, 5.41) is 6.98. The van der Waals surface area contributed by atoms with Crippen LogP contribution in [0.2, 0.25) is 0 Å². The number of aromatic amines is 1. The average Bonchev–Trinajstić information content (AvgIpc) is 2.75. The van der Waals surface area contributed by atoms with Crippen LogP contribution in [0.1, 0.15) is 16.1 Å². The molecule has 0 amide bonds. The fourth-order valence-electron chi connectivity index (χ4n) is 1.55. The average molecular weight is 216 g/mol. The maximum Gasteiger partial charge on any atom is 0.338 e. The second kappa shape index (κ2) is 4.18. The smallest absolute Gasteiger partial charge is 0.338 e. The molecule has 2 rings (SSSR count). The number of rotatable bonds is 2. The normalized spacial score (nSPS) is 10.1. The third-order valence-electron chi connectivity index (χ3n) is 2.31. The van der Waals surface area contributed by atoms with Gasteiger partial charge < -0.3 is 4.74 Å². The Morgan fingerprint density at radius 3 is 2.75 bits per heavy atom. The van der Waals surface area contributed by atoms with Crippen molar-refractivity contribution in [3.05, 3.63) is 41.6 Å². The van der Waals surface area contributed by atoms with Gasteiger partial charge in [0.05, 0.1) is 18.4 Å². The van der Waals surface area contributed by atoms with Crippen LogP contribution in [-0.2, 0) is 4.74 Å². The van der Waals surface area contributed by atoms with E-state index in [-0.39, 0.29) is 5.97 Å². The molecule has 0 spiro atoms. The van der Waals surface area contributed by atoms with Gasteiger partial charge >= 0.3 is 5.97 Å². The highest BCUT2D eigenvalue weighted by molar-refractivity contribution is 5.96. The zero-order valence-electron chi connectivity index (χ0n) is 9.15. The largest absolute Gasteiger partial charge is 0.465 e. The lowest BCUT2D eigenvalue weighted by molar-refractivity contribution is 0.0601. The van der Waals surface area contributed by atoms with Crippen LogP contribution in [0, 0.1) is 6.92 Å². The first-order valence-corrected chi connectivity index (χ1v) is 4.92. The van der Waals surface area contributed by atoms with E-state index in [0.717, 1.165) is 17.0 Å². The Hall–Kier alpha value is -2.10. The molecule has 4 nitrogen and oxygen atoms in total. The van der Waals surface area contributed by atoms with Crippen LogP contribution >= 0.6 is 0 Å². The maximum absolute atomic E-state index is 11.6. The van der Waals surface area contributed by atoms with Gasteiger partial charge in [-0.25, -0.2) is 4.79 Å². The summed E-state index contributed by atoms with van der Waals surface area (Å²) in [6, 6.07) is 9.13. The lowest BCUT2D eigenvalue weighted by atomic mass is 10.0. The van der Waals surface area contributed by atoms with Gasteiger partial charge in [-0.1, -0.05) is 18.2 Å². The van der Waals surface area contributed by atoms with Gasteiger partial charge in [0.1, 0.15) is 0 Å². The summed E-state index contributed by atoms with van der Waals surface area (Å²) in [6.07, 6.45) is 0. The van der Waals surface area contributed by atoms with Gasteiger partial charge in [-0.15, -0.1) is 0 Å². The minimum absolute atomic E-state index is 0.351. The van der Waals surface area contributed by atoms with Crippen LogP contribution in [0.25, 0.3) is 11.3 Å². The number of hydrogen-bond acceptors (Lipinski definition) is 3. The predicted octanol–water partition coefficient (Wildman–Crippen LogP) is 2.17. The molecule has 1 aromatic carbocycles. The number of ether oxygens (including phenoxy) is 1. The molecule has 16 heavy (non-hydrogen) atoms. The van der Waals surface area contributed by atoms with E-state index in [4.69, 9.17) is 4.74 Å². The molecule has 2 aromatic rings. The van der Waals surface area contributed by atoms with Crippen LogP contribution in [0.3, 0.4) is 0 Å². The van der Waals surface area contributed by atoms with E-state index in [2.05, 4.69) is 10.2 Å². The van der Waals surface area contributed by atoms with Crippen molar-refractivity contribution in [3.63, 3.8) is 0 Å². The van der Waals surface area contributed by atoms with Crippen molar-refractivity contribution in [1.29, 1.82) is 0 Å². The number of hydrogen-bond donors (Lipinski definition) is 1. The lowest BCUT2D eigenvalue weighted by Crippen LogP contribution is -2.03. The molecule has 1 N–H and O–H groups in total. The minimum atomic E-state index is -0.351. The number of aromatic nitrogens is 2. The number of aryl methyl sites for hydroxylation is 1. The molecule has 0 aliphatic heterocycles. The van der Waals surface area contributed by atoms with Crippen LogP contribution < -0.4 is 0 Å². The molecular weight excluding hydrogens is 204 g/mol. The second-order valence-electron chi connectivity index (χ2n) is 3.47. The first-order valence-electron chi connectivity index (χ1n) is 4.92. The molecule has 1 heterocycles. The Morgan fingerprint density at radius 2 is 2.12 bits per heavy atom. The van der Waals surface area contributed by atoms with Gasteiger partial charge in [0.2, 0.25) is 0 Å². The molecule has 0 aliphatic rings. The van der Waals surface area contributed by atoms with Gasteiger partial charge in [0.15, 0.2) is 0 Å². The van der Waals surface area contributed by atoms with Gasteiger partial charge in [0.25, 0.3) is 0 Å². The topological polar surface area (TPSA) is 55.0 Å². The summed E-state index contributed by atoms with van der Waals surface area (Å²) in [5.74, 6) is -0.351. The Labute approximate surface area is 93.3 Å². The number of methoxy groups -OCH3 is 1. The van der Waals surface area contributed by atoms with Crippen molar-refractivity contribution in [2.45, 2.75) is 6.92 Å². The summed E-state index contributed by atoms with van der Waals surface area (Å²) in [7, 11) is 1.37. The number of benzene rings is 1. The Bertz CT molecular complexity index is 517. The Balaban J connectivity index is 2.52. The minimum Gasteiger partial charge on any atom is -0.465 e. The molecule has 0 saturated carbocycles. The SMILES string of the molecule is COC(=O)c1ccccc1-c1cc(C)[nH]n1. The fourth-order valence-corrected chi connectivity index (χ4v) is 1.55. The van der Waals surface area contributed by atoms with E-state index in [9.17, 15) is 4.79 Å². The van der Waals surface area contributed by atoms with Crippen LogP contribution in [0.15, 0.2) is 30.3 Å². The molecule has 4 heteroatoms. The number of carbonyl (C=O) groups is 1. The van der Waals surface area contributed by atoms with Crippen LogP contribution in [0.5, 0.6) is 0 Å². The summed E-state index contributed by atoms with van der Waals surface area (Å²) in [5.41, 5.74) is 3.00. The molecule has 0 bridgehead atoms. The quantitative estimate of drug-likeness (QED) is 0.783. The number of H-pyrrole nitrogens is 1. The highest BCUT2D eigenvalue weighted by Gasteiger charge is 2.13. The molecule has 0 unspecified atom stereocenters. The van der Waals surface area contributed by atoms with Gasteiger partial charge in [0, 0.05) is 11.3 Å². The van der Waals surface area contributed by atoms with E-state index in [1.165, 1.54) is 7.11 Å². The zero-order chi connectivity index (χ0) is 11.5. The second-order valence-corrected chi connectivity index (χ2v) is 3.47. The highest BCUT2D eigenvalue weighted by Crippen LogP contribution is 2.22. The number of nitrogens with zero attached hydrogens (tertiary/aromatic N) is 1. The predicted molar refractivity (Wildman–Crippen MR) is 60.1 cm³/mol. The monoisotopic (exact) mass is 216 g/mol. The van der Waals surface area contributed by atoms with E-state index in [0.29, 0.717) is 5.56 Å². The molecule has 0 radical (unpaired) electrons. The first kappa shape index (κ1) is 10.4. The summed E-state index contributed by atoms with van der Waals surface area (Å²) in [4.78, 5) is 11.6. The lowest BCUT2D eigenvalue weighted by Gasteiger charge is -2.04. The Kier molecular flexibility index (Phi) is 2.72. The molecule has 0 atom stereocenters. The standard InChI is InChI=1S/C12H12N2O2/c1-8-7-11(14-13-8)9-5-3-4-6-10(9)12(15)16-2/h3-7H,1-2H3,(H,13,14). The number of nitrogens with one attached hydrogen (secondary N) is 1. The van der Waals surface area contributed by atoms with Crippen molar-refractivity contribution in [2.75, 3.05) is 7.11 Å². The number of esters is 1. The summed E-state index contributed by atoms with van der Waals surface area (Å²) in [6.45, 7) is 1.91. The van der Waals surface area contributed by atoms with E-state index in [1.807, 2.05) is 25.1 Å². The van der Waals surface area contributed by atoms with Crippen molar-refractivity contribution in [2.24, 2.45) is 0 Å². The van der Waals surface area contributed by atoms with Crippen molar-refractivity contribution in [3.8, 4) is 11.3 Å². The van der Waals surface area contributed by atoms with Crippen molar-refractivity contribution in [1.82, 2.24) is 10.2 Å². The Morgan fingerprint density at radius 1 is 1.38 bits per heavy atom. The molecule has 1 aromatic heterocycles. The van der Waals surface area contributed by atoms with E-state index < -0.39 is 0 Å². The van der Waals surface area contributed by atoms with Crippen molar-refractivity contribution < 1.29 is 9.53 Å². The van der Waals surface area contributed by atoms with E-state index >= 15 is 0 Å². The van der Waals surface area contributed by atoms with Gasteiger partial charge in [-0.2, -0.15) is 5.10 Å². The van der Waals surface area contributed by atoms with Gasteiger partial charge in [-0.3, -0.25) is 5.10 Å². The fraction of sp³-hybridized carbons (Fsp3) is 0.167. The first-order chi connectivity index (χ1) is 7.72. The maximum atomic E-state index is 11.6. The van der Waals surface area contributed by atoms with Crippen LogP contribution in [0.4, 0.5) is 0 Å². The molecule has 0 aliphatic carbocycles. The van der Waals surface area contributed by atoms with Gasteiger partial charge in [-0.05, 0) is 19.1 Å². The van der Waals surface area contributed by atoms with E-state index in [1.54, 1.807) is 12.1 Å². The number of carbonyl (C=O) groups excluding carboxylic acids is 1. The molecule has 0 fully saturated rings. The molecule has 0 saturated heterocycles. The summed E-state index contributed by atoms with van der Waals surface area (Å²) >= 11 is 0. The molecular formula is C12H12N2O2. The third-order valence-corrected chi connectivity index (χ3v) is 2.31. The molecule has 82 valence electrons. The zero-order valence-corrected chi connectivity index (χ0v) is 9.15. The summed E-state index contributed by atoms with van der Waals surface area (Å²) < 4.78 is 4.73. The highest BCUT2D eigenvalue weighted by atomic mass is 16.5.